The van der Waals surface area contributed by atoms with E-state index in [1.165, 1.54) is 17.3 Å². The minimum Gasteiger partial charge on any atom is -0.444 e. The smallest absolute Gasteiger partial charge is 0.410 e. The van der Waals surface area contributed by atoms with Crippen LogP contribution in [0.3, 0.4) is 0 Å². The molecule has 3 heterocycles. The maximum absolute atomic E-state index is 12.5. The molecule has 150 valence electrons. The van der Waals surface area contributed by atoms with E-state index in [-0.39, 0.29) is 17.9 Å². The number of rotatable bonds is 4. The molecular weight excluding hydrogens is 360 g/mol. The highest BCUT2D eigenvalue weighted by atomic mass is 16.6. The highest BCUT2D eigenvalue weighted by Gasteiger charge is 2.28. The summed E-state index contributed by atoms with van der Waals surface area (Å²) in [5.41, 5.74) is 0.0866. The average Bonchev–Trinajstić information content (AvgIpc) is 3.15. The third kappa shape index (κ3) is 5.28. The highest BCUT2D eigenvalue weighted by Crippen LogP contribution is 2.23. The molecule has 28 heavy (non-hydrogen) atoms. The number of amides is 2. The zero-order valence-corrected chi connectivity index (χ0v) is 16.5. The van der Waals surface area contributed by atoms with E-state index in [1.54, 1.807) is 23.2 Å². The molecule has 0 radical (unpaired) electrons. The van der Waals surface area contributed by atoms with Crippen LogP contribution in [0, 0.1) is 5.92 Å². The number of pyridine rings is 1. The van der Waals surface area contributed by atoms with Gasteiger partial charge in [-0.05, 0) is 51.7 Å². The molecule has 1 fully saturated rings. The van der Waals surface area contributed by atoms with Gasteiger partial charge in [-0.1, -0.05) is 0 Å². The fraction of sp³-hybridized carbons (Fsp3) is 0.526. The van der Waals surface area contributed by atoms with Crippen molar-refractivity contribution in [2.45, 2.75) is 45.6 Å². The topological polar surface area (TPSA) is 102 Å². The first-order chi connectivity index (χ1) is 13.3. The number of ether oxygens (including phenoxy) is 1. The minimum atomic E-state index is -0.501. The van der Waals surface area contributed by atoms with Gasteiger partial charge in [0, 0.05) is 25.7 Å². The van der Waals surface area contributed by atoms with Crippen LogP contribution in [0.2, 0.25) is 0 Å². The Balaban J connectivity index is 1.52. The molecule has 9 nitrogen and oxygen atoms in total. The quantitative estimate of drug-likeness (QED) is 0.867. The number of anilines is 1. The molecule has 1 N–H and O–H groups in total. The van der Waals surface area contributed by atoms with Crippen molar-refractivity contribution in [2.24, 2.45) is 5.92 Å². The van der Waals surface area contributed by atoms with Crippen molar-refractivity contribution in [3.05, 3.63) is 31.0 Å². The Morgan fingerprint density at radius 1 is 1.29 bits per heavy atom. The number of aromatic nitrogens is 4. The van der Waals surface area contributed by atoms with Gasteiger partial charge in [-0.2, -0.15) is 5.10 Å². The fourth-order valence-corrected chi connectivity index (χ4v) is 3.10. The summed E-state index contributed by atoms with van der Waals surface area (Å²) in [7, 11) is 0. The van der Waals surface area contributed by atoms with Gasteiger partial charge in [0.05, 0.1) is 5.69 Å². The van der Waals surface area contributed by atoms with Crippen LogP contribution in [0.15, 0.2) is 31.0 Å². The van der Waals surface area contributed by atoms with Crippen LogP contribution in [0.4, 0.5) is 10.5 Å². The molecule has 0 saturated carbocycles. The lowest BCUT2D eigenvalue weighted by atomic mass is 9.93. The second-order valence-electron chi connectivity index (χ2n) is 7.88. The third-order valence-corrected chi connectivity index (χ3v) is 4.44. The van der Waals surface area contributed by atoms with Gasteiger partial charge < -0.3 is 15.0 Å². The fourth-order valence-electron chi connectivity index (χ4n) is 3.10. The first kappa shape index (κ1) is 19.8. The lowest BCUT2D eigenvalue weighted by Gasteiger charge is -2.33. The number of carbonyl (C=O) groups excluding carboxylic acids is 2. The first-order valence-electron chi connectivity index (χ1n) is 9.39. The summed E-state index contributed by atoms with van der Waals surface area (Å²) in [5.74, 6) is 0.670. The minimum absolute atomic E-state index is 0.0786. The maximum Gasteiger partial charge on any atom is 0.410 e. The molecule has 2 aromatic rings. The van der Waals surface area contributed by atoms with Crippen molar-refractivity contribution < 1.29 is 14.3 Å². The lowest BCUT2D eigenvalue weighted by molar-refractivity contribution is -0.117. The molecule has 1 aliphatic heterocycles. The molecule has 0 aliphatic carbocycles. The Morgan fingerprint density at radius 3 is 2.68 bits per heavy atom. The van der Waals surface area contributed by atoms with Gasteiger partial charge in [0.15, 0.2) is 5.82 Å². The van der Waals surface area contributed by atoms with Gasteiger partial charge in [0.1, 0.15) is 18.3 Å². The molecule has 2 amide bonds. The zero-order valence-electron chi connectivity index (χ0n) is 16.5. The summed E-state index contributed by atoms with van der Waals surface area (Å²) in [6.07, 6.45) is 6.24. The van der Waals surface area contributed by atoms with E-state index in [4.69, 9.17) is 4.74 Å². The standard InChI is InChI=1S/C19H26N6O3/c1-19(2,3)28-18(27)24-9-6-14(7-10-24)11-16(26)23-15-5-4-8-21-17(15)25-13-20-12-22-25/h4-5,8,12-14H,6-7,9-11H2,1-3H3,(H,23,26). The Bertz CT molecular complexity index is 807. The van der Waals surface area contributed by atoms with E-state index in [9.17, 15) is 9.59 Å². The van der Waals surface area contributed by atoms with Gasteiger partial charge in [-0.3, -0.25) is 4.79 Å². The highest BCUT2D eigenvalue weighted by molar-refractivity contribution is 5.92. The van der Waals surface area contributed by atoms with E-state index in [1.807, 2.05) is 20.8 Å². The number of hydrogen-bond donors (Lipinski definition) is 1. The molecule has 0 unspecified atom stereocenters. The summed E-state index contributed by atoms with van der Waals surface area (Å²) in [6.45, 7) is 6.77. The number of nitrogens with one attached hydrogen (secondary N) is 1. The van der Waals surface area contributed by atoms with E-state index in [0.717, 1.165) is 12.8 Å². The van der Waals surface area contributed by atoms with Gasteiger partial charge >= 0.3 is 6.09 Å². The van der Waals surface area contributed by atoms with E-state index < -0.39 is 5.60 Å². The normalized spacial score (nSPS) is 15.3. The molecule has 0 aromatic carbocycles. The Labute approximate surface area is 164 Å². The van der Waals surface area contributed by atoms with Crippen molar-refractivity contribution in [2.75, 3.05) is 18.4 Å². The Kier molecular flexibility index (Phi) is 5.91. The lowest BCUT2D eigenvalue weighted by Crippen LogP contribution is -2.42. The molecular formula is C19H26N6O3. The van der Waals surface area contributed by atoms with Crippen LogP contribution in [0.25, 0.3) is 5.82 Å². The van der Waals surface area contributed by atoms with E-state index in [0.29, 0.717) is 31.0 Å². The van der Waals surface area contributed by atoms with E-state index >= 15 is 0 Å². The Hall–Kier alpha value is -2.97. The Morgan fingerprint density at radius 2 is 2.04 bits per heavy atom. The van der Waals surface area contributed by atoms with Gasteiger partial charge in [-0.25, -0.2) is 19.4 Å². The summed E-state index contributed by atoms with van der Waals surface area (Å²) < 4.78 is 6.92. The van der Waals surface area contributed by atoms with Crippen molar-refractivity contribution in [3.63, 3.8) is 0 Å². The van der Waals surface area contributed by atoms with Crippen LogP contribution in [-0.2, 0) is 9.53 Å². The second-order valence-corrected chi connectivity index (χ2v) is 7.88. The maximum atomic E-state index is 12.5. The van der Waals surface area contributed by atoms with Crippen LogP contribution < -0.4 is 5.32 Å². The predicted molar refractivity (Wildman–Crippen MR) is 103 cm³/mol. The van der Waals surface area contributed by atoms with Gasteiger partial charge in [0.2, 0.25) is 5.91 Å². The van der Waals surface area contributed by atoms with E-state index in [2.05, 4.69) is 20.4 Å². The number of carbonyl (C=O) groups is 2. The SMILES string of the molecule is CC(C)(C)OC(=O)N1CCC(CC(=O)Nc2cccnc2-n2cncn2)CC1. The third-order valence-electron chi connectivity index (χ3n) is 4.44. The molecule has 1 aliphatic rings. The number of nitrogens with zero attached hydrogens (tertiary/aromatic N) is 5. The molecule has 9 heteroatoms. The first-order valence-corrected chi connectivity index (χ1v) is 9.39. The zero-order chi connectivity index (χ0) is 20.1. The molecule has 0 atom stereocenters. The number of likely N-dealkylation sites (tertiary alicyclic amines) is 1. The van der Waals surface area contributed by atoms with Crippen molar-refractivity contribution in [3.8, 4) is 5.82 Å². The summed E-state index contributed by atoms with van der Waals surface area (Å²) in [5, 5.41) is 6.98. The van der Waals surface area contributed by atoms with Crippen molar-refractivity contribution in [1.29, 1.82) is 0 Å². The molecule has 0 bridgehead atoms. The molecule has 2 aromatic heterocycles. The number of piperidine rings is 1. The van der Waals surface area contributed by atoms with Crippen LogP contribution >= 0.6 is 0 Å². The van der Waals surface area contributed by atoms with Crippen molar-refractivity contribution >= 4 is 17.7 Å². The van der Waals surface area contributed by atoms with Crippen molar-refractivity contribution in [1.82, 2.24) is 24.6 Å². The van der Waals surface area contributed by atoms with Crippen LogP contribution in [0.5, 0.6) is 0 Å². The second kappa shape index (κ2) is 8.37. The molecule has 1 saturated heterocycles. The summed E-state index contributed by atoms with van der Waals surface area (Å²) in [6, 6.07) is 3.54. The van der Waals surface area contributed by atoms with Gasteiger partial charge in [-0.15, -0.1) is 0 Å². The molecule has 3 rings (SSSR count). The molecule has 0 spiro atoms. The largest absolute Gasteiger partial charge is 0.444 e. The van der Waals surface area contributed by atoms with Gasteiger partial charge in [0.25, 0.3) is 0 Å². The van der Waals surface area contributed by atoms with Crippen LogP contribution in [-0.4, -0.2) is 55.3 Å². The summed E-state index contributed by atoms with van der Waals surface area (Å²) >= 11 is 0. The van der Waals surface area contributed by atoms with Crippen LogP contribution in [0.1, 0.15) is 40.0 Å². The average molecular weight is 386 g/mol. The summed E-state index contributed by atoms with van der Waals surface area (Å²) in [4.78, 5) is 34.5. The number of hydrogen-bond acceptors (Lipinski definition) is 6. The monoisotopic (exact) mass is 386 g/mol. The predicted octanol–water partition coefficient (Wildman–Crippen LogP) is 2.64.